The highest BCUT2D eigenvalue weighted by Crippen LogP contribution is 2.38. The maximum absolute atomic E-state index is 11.1. The van der Waals surface area contributed by atoms with E-state index in [0.29, 0.717) is 24.0 Å². The normalized spacial score (nSPS) is 10.1. The molecule has 1 N–H and O–H groups in total. The summed E-state index contributed by atoms with van der Waals surface area (Å²) in [4.78, 5) is 11.1. The van der Waals surface area contributed by atoms with Gasteiger partial charge < -0.3 is 24.1 Å². The molecule has 1 aromatic carbocycles. The molecule has 0 fully saturated rings. The van der Waals surface area contributed by atoms with Crippen molar-refractivity contribution in [1.29, 1.82) is 0 Å². The SMILES string of the molecule is C=CCc1c(OCOC)cc(OCOC)c(C=O)c1O. The second-order valence-corrected chi connectivity index (χ2v) is 3.83. The molecule has 6 nitrogen and oxygen atoms in total. The molecule has 0 unspecified atom stereocenters. The maximum atomic E-state index is 11.1. The van der Waals surface area contributed by atoms with Gasteiger partial charge in [-0.05, 0) is 6.42 Å². The number of benzene rings is 1. The number of hydrogen-bond acceptors (Lipinski definition) is 6. The second kappa shape index (κ2) is 8.19. The summed E-state index contributed by atoms with van der Waals surface area (Å²) in [7, 11) is 2.93. The first-order valence-electron chi connectivity index (χ1n) is 5.87. The minimum absolute atomic E-state index is 0.00768. The van der Waals surface area contributed by atoms with Crippen molar-refractivity contribution in [2.24, 2.45) is 0 Å². The molecule has 0 aliphatic heterocycles. The van der Waals surface area contributed by atoms with E-state index in [4.69, 9.17) is 18.9 Å². The molecule has 0 saturated carbocycles. The summed E-state index contributed by atoms with van der Waals surface area (Å²) in [5, 5.41) is 10.2. The Morgan fingerprint density at radius 3 is 2.30 bits per heavy atom. The van der Waals surface area contributed by atoms with E-state index < -0.39 is 0 Å². The van der Waals surface area contributed by atoms with Crippen LogP contribution in [0.1, 0.15) is 15.9 Å². The fourth-order valence-electron chi connectivity index (χ4n) is 1.63. The van der Waals surface area contributed by atoms with E-state index in [-0.39, 0.29) is 30.6 Å². The number of rotatable bonds is 9. The largest absolute Gasteiger partial charge is 0.507 e. The third-order valence-electron chi connectivity index (χ3n) is 2.50. The Morgan fingerprint density at radius 2 is 1.80 bits per heavy atom. The van der Waals surface area contributed by atoms with E-state index in [1.165, 1.54) is 20.3 Å². The third-order valence-corrected chi connectivity index (χ3v) is 2.50. The molecule has 20 heavy (non-hydrogen) atoms. The number of allylic oxidation sites excluding steroid dienone is 1. The highest BCUT2D eigenvalue weighted by Gasteiger charge is 2.18. The Morgan fingerprint density at radius 1 is 1.20 bits per heavy atom. The minimum Gasteiger partial charge on any atom is -0.507 e. The lowest BCUT2D eigenvalue weighted by Gasteiger charge is -2.16. The van der Waals surface area contributed by atoms with Gasteiger partial charge in [-0.3, -0.25) is 4.79 Å². The maximum Gasteiger partial charge on any atom is 0.188 e. The van der Waals surface area contributed by atoms with Gasteiger partial charge in [0.15, 0.2) is 19.9 Å². The molecule has 110 valence electrons. The average Bonchev–Trinajstić information content (AvgIpc) is 2.46. The van der Waals surface area contributed by atoms with Crippen molar-refractivity contribution in [1.82, 2.24) is 0 Å². The summed E-state index contributed by atoms with van der Waals surface area (Å²) in [6, 6.07) is 1.51. The van der Waals surface area contributed by atoms with Gasteiger partial charge in [-0.2, -0.15) is 0 Å². The molecule has 0 amide bonds. The lowest BCUT2D eigenvalue weighted by molar-refractivity contribution is 0.0450. The van der Waals surface area contributed by atoms with Gasteiger partial charge in [-0.15, -0.1) is 6.58 Å². The number of aldehydes is 1. The first-order valence-corrected chi connectivity index (χ1v) is 5.87. The molecule has 0 saturated heterocycles. The Hall–Kier alpha value is -2.05. The van der Waals surface area contributed by atoms with Crippen molar-refractivity contribution in [3.63, 3.8) is 0 Å². The fraction of sp³-hybridized carbons (Fsp3) is 0.357. The molecule has 0 heterocycles. The van der Waals surface area contributed by atoms with Crippen LogP contribution in [-0.2, 0) is 15.9 Å². The van der Waals surface area contributed by atoms with Crippen LogP contribution in [0.4, 0.5) is 0 Å². The molecule has 0 spiro atoms. The number of ether oxygens (including phenoxy) is 4. The fourth-order valence-corrected chi connectivity index (χ4v) is 1.63. The predicted octanol–water partition coefficient (Wildman–Crippen LogP) is 1.90. The van der Waals surface area contributed by atoms with E-state index in [9.17, 15) is 9.90 Å². The number of carbonyl (C=O) groups excluding carboxylic acids is 1. The Kier molecular flexibility index (Phi) is 6.55. The molecule has 1 aromatic rings. The molecule has 0 aromatic heterocycles. The van der Waals surface area contributed by atoms with Crippen LogP contribution in [0.5, 0.6) is 17.2 Å². The molecule has 6 heteroatoms. The van der Waals surface area contributed by atoms with Crippen LogP contribution in [0.3, 0.4) is 0 Å². The molecule has 0 atom stereocenters. The van der Waals surface area contributed by atoms with Crippen LogP contribution < -0.4 is 9.47 Å². The first kappa shape index (κ1) is 16.0. The van der Waals surface area contributed by atoms with E-state index in [2.05, 4.69) is 6.58 Å². The molecule has 0 aliphatic rings. The van der Waals surface area contributed by atoms with E-state index in [0.717, 1.165) is 0 Å². The summed E-state index contributed by atoms with van der Waals surface area (Å²) in [5.74, 6) is 0.346. The Bertz CT molecular complexity index is 469. The van der Waals surface area contributed by atoms with E-state index >= 15 is 0 Å². The summed E-state index contributed by atoms with van der Waals surface area (Å²) in [6.07, 6.45) is 2.46. The quantitative estimate of drug-likeness (QED) is 0.423. The Labute approximate surface area is 117 Å². The summed E-state index contributed by atoms with van der Waals surface area (Å²) in [5.41, 5.74) is 0.493. The average molecular weight is 282 g/mol. The van der Waals surface area contributed by atoms with Gasteiger partial charge in [0.1, 0.15) is 17.2 Å². The van der Waals surface area contributed by atoms with Gasteiger partial charge in [-0.1, -0.05) is 6.08 Å². The highest BCUT2D eigenvalue weighted by molar-refractivity contribution is 5.85. The summed E-state index contributed by atoms with van der Waals surface area (Å²) < 4.78 is 20.2. The predicted molar refractivity (Wildman–Crippen MR) is 72.4 cm³/mol. The van der Waals surface area contributed by atoms with Crippen molar-refractivity contribution in [2.75, 3.05) is 27.8 Å². The number of phenolic OH excluding ortho intramolecular Hbond substituents is 1. The van der Waals surface area contributed by atoms with Crippen molar-refractivity contribution in [2.45, 2.75) is 6.42 Å². The van der Waals surface area contributed by atoms with E-state index in [1.54, 1.807) is 6.08 Å². The number of phenols is 1. The summed E-state index contributed by atoms with van der Waals surface area (Å²) >= 11 is 0. The smallest absolute Gasteiger partial charge is 0.188 e. The van der Waals surface area contributed by atoms with Crippen molar-refractivity contribution >= 4 is 6.29 Å². The monoisotopic (exact) mass is 282 g/mol. The number of carbonyl (C=O) groups is 1. The molecule has 0 aliphatic carbocycles. The Balaban J connectivity index is 3.27. The zero-order chi connectivity index (χ0) is 15.0. The van der Waals surface area contributed by atoms with Crippen LogP contribution in [-0.4, -0.2) is 39.2 Å². The van der Waals surface area contributed by atoms with Crippen molar-refractivity contribution in [3.05, 3.63) is 29.8 Å². The number of methoxy groups -OCH3 is 2. The molecular weight excluding hydrogens is 264 g/mol. The number of hydrogen-bond donors (Lipinski definition) is 1. The van der Waals surface area contributed by atoms with Gasteiger partial charge in [0, 0.05) is 25.8 Å². The second-order valence-electron chi connectivity index (χ2n) is 3.83. The molecule has 1 rings (SSSR count). The van der Waals surface area contributed by atoms with Gasteiger partial charge in [-0.25, -0.2) is 0 Å². The lowest BCUT2D eigenvalue weighted by Crippen LogP contribution is -2.06. The molecule has 0 bridgehead atoms. The van der Waals surface area contributed by atoms with Gasteiger partial charge in [0.25, 0.3) is 0 Å². The topological polar surface area (TPSA) is 74.2 Å². The van der Waals surface area contributed by atoms with Crippen molar-refractivity contribution in [3.8, 4) is 17.2 Å². The van der Waals surface area contributed by atoms with E-state index in [1.807, 2.05) is 0 Å². The zero-order valence-corrected chi connectivity index (χ0v) is 11.5. The highest BCUT2D eigenvalue weighted by atomic mass is 16.7. The van der Waals surface area contributed by atoms with Crippen molar-refractivity contribution < 1.29 is 28.8 Å². The molecule has 0 radical (unpaired) electrons. The lowest BCUT2D eigenvalue weighted by atomic mass is 10.0. The standard InChI is InChI=1S/C14H18O6/c1-4-5-10-12(19-8-17-2)6-13(20-9-18-3)11(7-15)14(10)16/h4,6-7,16H,1,5,8-9H2,2-3H3. The minimum atomic E-state index is -0.195. The number of aromatic hydroxyl groups is 1. The van der Waals surface area contributed by atoms with Crippen LogP contribution in [0.25, 0.3) is 0 Å². The molecular formula is C14H18O6. The van der Waals surface area contributed by atoms with Crippen LogP contribution in [0.15, 0.2) is 18.7 Å². The van der Waals surface area contributed by atoms with Crippen LogP contribution >= 0.6 is 0 Å². The summed E-state index contributed by atoms with van der Waals surface area (Å²) in [6.45, 7) is 3.57. The van der Waals surface area contributed by atoms with Crippen LogP contribution in [0.2, 0.25) is 0 Å². The zero-order valence-electron chi connectivity index (χ0n) is 11.5. The van der Waals surface area contributed by atoms with Gasteiger partial charge >= 0.3 is 0 Å². The van der Waals surface area contributed by atoms with Gasteiger partial charge in [0.2, 0.25) is 0 Å². The first-order chi connectivity index (χ1) is 9.69. The third kappa shape index (κ3) is 3.72. The van der Waals surface area contributed by atoms with Crippen LogP contribution in [0, 0.1) is 0 Å². The van der Waals surface area contributed by atoms with Gasteiger partial charge in [0.05, 0.1) is 5.56 Å².